The lowest BCUT2D eigenvalue weighted by Gasteiger charge is -2.14. The standard InChI is InChI=1S/C14H23BrClNS/c1-3-4-5-6-7-8-9-12(17-2)13-10-11(16)14(15)18-13/h10,12,17H,3-9H2,1-2H3. The molecule has 1 atom stereocenters. The Morgan fingerprint density at radius 3 is 2.50 bits per heavy atom. The number of rotatable bonds is 9. The third kappa shape index (κ3) is 5.60. The van der Waals surface area contributed by atoms with Crippen LogP contribution in [0.25, 0.3) is 0 Å². The summed E-state index contributed by atoms with van der Waals surface area (Å²) in [5.41, 5.74) is 0. The van der Waals surface area contributed by atoms with E-state index >= 15 is 0 Å². The molecule has 1 N–H and O–H groups in total. The molecule has 0 bridgehead atoms. The van der Waals surface area contributed by atoms with Crippen LogP contribution in [0.5, 0.6) is 0 Å². The Morgan fingerprint density at radius 2 is 1.94 bits per heavy atom. The third-order valence-electron chi connectivity index (χ3n) is 3.20. The van der Waals surface area contributed by atoms with Crippen molar-refractivity contribution >= 4 is 38.9 Å². The molecule has 0 fully saturated rings. The van der Waals surface area contributed by atoms with Crippen LogP contribution in [-0.2, 0) is 0 Å². The van der Waals surface area contributed by atoms with Crippen LogP contribution < -0.4 is 5.32 Å². The van der Waals surface area contributed by atoms with Gasteiger partial charge in [0.25, 0.3) is 0 Å². The number of hydrogen-bond donors (Lipinski definition) is 1. The highest BCUT2D eigenvalue weighted by molar-refractivity contribution is 9.11. The largest absolute Gasteiger partial charge is 0.312 e. The van der Waals surface area contributed by atoms with E-state index in [1.807, 2.05) is 7.05 Å². The van der Waals surface area contributed by atoms with Crippen LogP contribution in [0, 0.1) is 0 Å². The molecule has 0 aliphatic heterocycles. The minimum atomic E-state index is 0.449. The first-order valence-corrected chi connectivity index (χ1v) is 8.79. The molecule has 18 heavy (non-hydrogen) atoms. The second kappa shape index (κ2) is 9.35. The number of nitrogens with one attached hydrogen (secondary N) is 1. The Hall–Kier alpha value is 0.430. The molecule has 1 nitrogen and oxygen atoms in total. The van der Waals surface area contributed by atoms with Gasteiger partial charge in [0.2, 0.25) is 0 Å². The Morgan fingerprint density at radius 1 is 1.28 bits per heavy atom. The van der Waals surface area contributed by atoms with Crippen molar-refractivity contribution < 1.29 is 0 Å². The maximum absolute atomic E-state index is 6.08. The molecule has 0 aliphatic carbocycles. The zero-order valence-electron chi connectivity index (χ0n) is 11.3. The smallest absolute Gasteiger partial charge is 0.0887 e. The average molecular weight is 353 g/mol. The molecule has 104 valence electrons. The molecular weight excluding hydrogens is 330 g/mol. The van der Waals surface area contributed by atoms with Crippen molar-refractivity contribution in [3.05, 3.63) is 19.8 Å². The summed E-state index contributed by atoms with van der Waals surface area (Å²) in [6.07, 6.45) is 9.30. The fraction of sp³-hybridized carbons (Fsp3) is 0.714. The predicted octanol–water partition coefficient (Wildman–Crippen LogP) is 6.18. The summed E-state index contributed by atoms with van der Waals surface area (Å²) >= 11 is 11.3. The van der Waals surface area contributed by atoms with E-state index in [4.69, 9.17) is 11.6 Å². The number of thiophene rings is 1. The lowest BCUT2D eigenvalue weighted by Crippen LogP contribution is -2.14. The van der Waals surface area contributed by atoms with Crippen molar-refractivity contribution in [2.24, 2.45) is 0 Å². The lowest BCUT2D eigenvalue weighted by molar-refractivity contribution is 0.503. The van der Waals surface area contributed by atoms with Crippen molar-refractivity contribution in [3.63, 3.8) is 0 Å². The summed E-state index contributed by atoms with van der Waals surface area (Å²) < 4.78 is 1.04. The van der Waals surface area contributed by atoms with Crippen LogP contribution >= 0.6 is 38.9 Å². The SMILES string of the molecule is CCCCCCCCC(NC)c1cc(Cl)c(Br)s1. The van der Waals surface area contributed by atoms with Crippen LogP contribution in [0.3, 0.4) is 0 Å². The first-order chi connectivity index (χ1) is 8.69. The van der Waals surface area contributed by atoms with Crippen LogP contribution in [0.4, 0.5) is 0 Å². The third-order valence-corrected chi connectivity index (χ3v) is 5.79. The fourth-order valence-corrected chi connectivity index (χ4v) is 3.98. The highest BCUT2D eigenvalue weighted by atomic mass is 79.9. The molecular formula is C14H23BrClNS. The molecule has 1 unspecified atom stereocenters. The second-order valence-electron chi connectivity index (χ2n) is 4.67. The summed E-state index contributed by atoms with van der Waals surface area (Å²) in [6.45, 7) is 2.26. The Kier molecular flexibility index (Phi) is 8.56. The summed E-state index contributed by atoms with van der Waals surface area (Å²) in [5.74, 6) is 0. The molecule has 1 aromatic heterocycles. The normalized spacial score (nSPS) is 12.9. The van der Waals surface area contributed by atoms with Gasteiger partial charge in [-0.1, -0.05) is 57.0 Å². The summed E-state index contributed by atoms with van der Waals surface area (Å²) in [5, 5.41) is 4.22. The van der Waals surface area contributed by atoms with E-state index in [2.05, 4.69) is 34.2 Å². The van der Waals surface area contributed by atoms with E-state index in [-0.39, 0.29) is 0 Å². The van der Waals surface area contributed by atoms with E-state index < -0.39 is 0 Å². The predicted molar refractivity (Wildman–Crippen MR) is 86.8 cm³/mol. The summed E-state index contributed by atoms with van der Waals surface area (Å²) in [6, 6.07) is 2.53. The van der Waals surface area contributed by atoms with E-state index in [1.54, 1.807) is 11.3 Å². The quantitative estimate of drug-likeness (QED) is 0.524. The number of hydrogen-bond acceptors (Lipinski definition) is 2. The van der Waals surface area contributed by atoms with Crippen molar-refractivity contribution in [3.8, 4) is 0 Å². The molecule has 4 heteroatoms. The Bertz CT molecular complexity index is 321. The van der Waals surface area contributed by atoms with Crippen LogP contribution in [0.15, 0.2) is 9.85 Å². The summed E-state index contributed by atoms with van der Waals surface area (Å²) in [7, 11) is 2.03. The highest BCUT2D eigenvalue weighted by Crippen LogP contribution is 2.36. The maximum atomic E-state index is 6.08. The second-order valence-corrected chi connectivity index (χ2v) is 7.48. The van der Waals surface area contributed by atoms with Gasteiger partial charge < -0.3 is 5.32 Å². The molecule has 0 aromatic carbocycles. The van der Waals surface area contributed by atoms with E-state index in [0.29, 0.717) is 6.04 Å². The molecule has 1 heterocycles. The highest BCUT2D eigenvalue weighted by Gasteiger charge is 2.13. The molecule has 0 amide bonds. The van der Waals surface area contributed by atoms with Gasteiger partial charge in [0, 0.05) is 10.9 Å². The summed E-state index contributed by atoms with van der Waals surface area (Å²) in [4.78, 5) is 1.34. The van der Waals surface area contributed by atoms with E-state index in [0.717, 1.165) is 8.81 Å². The average Bonchev–Trinajstić information content (AvgIpc) is 2.69. The van der Waals surface area contributed by atoms with Crippen molar-refractivity contribution in [2.75, 3.05) is 7.05 Å². The molecule has 0 aliphatic rings. The zero-order chi connectivity index (χ0) is 13.4. The molecule has 0 spiro atoms. The Labute approximate surface area is 128 Å². The fourth-order valence-electron chi connectivity index (χ4n) is 2.09. The monoisotopic (exact) mass is 351 g/mol. The van der Waals surface area contributed by atoms with Gasteiger partial charge in [-0.05, 0) is 35.5 Å². The number of unbranched alkanes of at least 4 members (excludes halogenated alkanes) is 5. The minimum Gasteiger partial charge on any atom is -0.312 e. The first kappa shape index (κ1) is 16.5. The maximum Gasteiger partial charge on any atom is 0.0887 e. The zero-order valence-corrected chi connectivity index (χ0v) is 14.4. The Balaban J connectivity index is 2.29. The number of halogens is 2. The van der Waals surface area contributed by atoms with Gasteiger partial charge in [-0.15, -0.1) is 11.3 Å². The minimum absolute atomic E-state index is 0.449. The molecule has 0 saturated carbocycles. The van der Waals surface area contributed by atoms with Gasteiger partial charge in [0.15, 0.2) is 0 Å². The van der Waals surface area contributed by atoms with Crippen molar-refractivity contribution in [1.82, 2.24) is 5.32 Å². The van der Waals surface area contributed by atoms with E-state index in [9.17, 15) is 0 Å². The van der Waals surface area contributed by atoms with Gasteiger partial charge >= 0.3 is 0 Å². The van der Waals surface area contributed by atoms with Crippen molar-refractivity contribution in [1.29, 1.82) is 0 Å². The van der Waals surface area contributed by atoms with E-state index in [1.165, 1.54) is 49.8 Å². The molecule has 0 radical (unpaired) electrons. The van der Waals surface area contributed by atoms with Crippen molar-refractivity contribution in [2.45, 2.75) is 57.9 Å². The van der Waals surface area contributed by atoms with Gasteiger partial charge in [0.1, 0.15) is 0 Å². The first-order valence-electron chi connectivity index (χ1n) is 6.81. The van der Waals surface area contributed by atoms with Gasteiger partial charge in [-0.25, -0.2) is 0 Å². The molecule has 1 rings (SSSR count). The van der Waals surface area contributed by atoms with Crippen LogP contribution in [-0.4, -0.2) is 7.05 Å². The van der Waals surface area contributed by atoms with Crippen LogP contribution in [0.2, 0.25) is 5.02 Å². The lowest BCUT2D eigenvalue weighted by atomic mass is 10.0. The van der Waals surface area contributed by atoms with Gasteiger partial charge in [-0.2, -0.15) is 0 Å². The molecule has 0 saturated heterocycles. The van der Waals surface area contributed by atoms with Crippen LogP contribution in [0.1, 0.15) is 62.8 Å². The topological polar surface area (TPSA) is 12.0 Å². The van der Waals surface area contributed by atoms with Gasteiger partial charge in [0.05, 0.1) is 8.81 Å². The molecule has 1 aromatic rings. The van der Waals surface area contributed by atoms with Gasteiger partial charge in [-0.3, -0.25) is 0 Å².